The molecular formula is C21H30IN7O. The predicted octanol–water partition coefficient (Wildman–Crippen LogP) is 2.57. The lowest BCUT2D eigenvalue weighted by Crippen LogP contribution is -2.38. The van der Waals surface area contributed by atoms with Gasteiger partial charge in [-0.2, -0.15) is 0 Å². The summed E-state index contributed by atoms with van der Waals surface area (Å²) in [7, 11) is 5.65. The number of methoxy groups -OCH3 is 1. The molecule has 0 saturated carbocycles. The van der Waals surface area contributed by atoms with E-state index in [9.17, 15) is 0 Å². The van der Waals surface area contributed by atoms with Crippen LogP contribution in [0.4, 0.5) is 0 Å². The van der Waals surface area contributed by atoms with Gasteiger partial charge in [-0.25, -0.2) is 4.99 Å². The Morgan fingerprint density at radius 3 is 2.43 bits per heavy atom. The summed E-state index contributed by atoms with van der Waals surface area (Å²) in [5, 5.41) is 15.1. The van der Waals surface area contributed by atoms with E-state index in [1.54, 1.807) is 7.11 Å². The number of rotatable bonds is 8. The molecular weight excluding hydrogens is 493 g/mol. The Hall–Kier alpha value is -2.56. The molecule has 0 aliphatic rings. The first-order valence-corrected chi connectivity index (χ1v) is 9.66. The Bertz CT molecular complexity index is 947. The molecule has 0 saturated heterocycles. The summed E-state index contributed by atoms with van der Waals surface area (Å²) in [4.78, 5) is 4.72. The molecule has 30 heavy (non-hydrogen) atoms. The van der Waals surface area contributed by atoms with Crippen LogP contribution in [0.5, 0.6) is 5.75 Å². The van der Waals surface area contributed by atoms with Crippen LogP contribution in [0.25, 0.3) is 0 Å². The molecule has 2 aromatic heterocycles. The molecule has 0 amide bonds. The lowest BCUT2D eigenvalue weighted by atomic mass is 10.1. The third-order valence-electron chi connectivity index (χ3n) is 4.77. The van der Waals surface area contributed by atoms with E-state index >= 15 is 0 Å². The number of halogens is 1. The monoisotopic (exact) mass is 523 g/mol. The number of aryl methyl sites for hydroxylation is 2. The summed E-state index contributed by atoms with van der Waals surface area (Å²) in [6.07, 6.45) is 4.99. The number of guanidine groups is 1. The SMILES string of the molecule is COc1ccc(CCNC(=NCc2ccn(C)c2)NCc2nnc(C)n2C)cc1.I. The van der Waals surface area contributed by atoms with E-state index in [4.69, 9.17) is 9.73 Å². The number of hydrogen-bond donors (Lipinski definition) is 2. The fourth-order valence-corrected chi connectivity index (χ4v) is 2.88. The van der Waals surface area contributed by atoms with Gasteiger partial charge in [-0.05, 0) is 42.7 Å². The van der Waals surface area contributed by atoms with E-state index in [1.165, 1.54) is 11.1 Å². The summed E-state index contributed by atoms with van der Waals surface area (Å²) < 4.78 is 9.21. The van der Waals surface area contributed by atoms with Crippen LogP contribution in [-0.4, -0.2) is 38.9 Å². The van der Waals surface area contributed by atoms with Crippen LogP contribution in [-0.2, 0) is 33.6 Å². The standard InChI is InChI=1S/C21H29N7O.HI/c1-16-25-26-20(28(16)3)14-24-21(23-13-18-10-12-27(2)15-18)22-11-9-17-5-7-19(29-4)8-6-17;/h5-8,10,12,15H,9,11,13-14H2,1-4H3,(H2,22,23,24);1H. The minimum Gasteiger partial charge on any atom is -0.497 e. The average molecular weight is 523 g/mol. The molecule has 2 N–H and O–H groups in total. The third kappa shape index (κ3) is 6.75. The highest BCUT2D eigenvalue weighted by Gasteiger charge is 2.06. The maximum Gasteiger partial charge on any atom is 0.191 e. The van der Waals surface area contributed by atoms with Crippen molar-refractivity contribution in [1.82, 2.24) is 30.0 Å². The van der Waals surface area contributed by atoms with Crippen molar-refractivity contribution < 1.29 is 4.74 Å². The number of nitrogens with zero attached hydrogens (tertiary/aromatic N) is 5. The maximum absolute atomic E-state index is 5.21. The Morgan fingerprint density at radius 1 is 1.07 bits per heavy atom. The average Bonchev–Trinajstić information content (AvgIpc) is 3.29. The normalized spacial score (nSPS) is 11.1. The Labute approximate surface area is 194 Å². The fourth-order valence-electron chi connectivity index (χ4n) is 2.88. The highest BCUT2D eigenvalue weighted by atomic mass is 127. The summed E-state index contributed by atoms with van der Waals surface area (Å²) in [6.45, 7) is 3.87. The lowest BCUT2D eigenvalue weighted by molar-refractivity contribution is 0.414. The third-order valence-corrected chi connectivity index (χ3v) is 4.77. The molecule has 0 fully saturated rings. The zero-order valence-corrected chi connectivity index (χ0v) is 20.3. The molecule has 0 aliphatic heterocycles. The number of aliphatic imine (C=N–C) groups is 1. The molecule has 162 valence electrons. The molecule has 9 heteroatoms. The molecule has 0 aliphatic carbocycles. The number of aromatic nitrogens is 4. The second kappa shape index (κ2) is 11.6. The van der Waals surface area contributed by atoms with Crippen molar-refractivity contribution in [1.29, 1.82) is 0 Å². The van der Waals surface area contributed by atoms with E-state index in [0.717, 1.165) is 36.3 Å². The van der Waals surface area contributed by atoms with Crippen LogP contribution in [0.1, 0.15) is 22.8 Å². The second-order valence-electron chi connectivity index (χ2n) is 6.95. The maximum atomic E-state index is 5.21. The molecule has 0 unspecified atom stereocenters. The van der Waals surface area contributed by atoms with E-state index in [0.29, 0.717) is 13.1 Å². The number of hydrogen-bond acceptors (Lipinski definition) is 4. The van der Waals surface area contributed by atoms with Gasteiger partial charge in [0.15, 0.2) is 11.8 Å². The van der Waals surface area contributed by atoms with Gasteiger partial charge in [0.1, 0.15) is 11.6 Å². The molecule has 0 spiro atoms. The molecule has 3 rings (SSSR count). The van der Waals surface area contributed by atoms with Gasteiger partial charge in [0.25, 0.3) is 0 Å². The summed E-state index contributed by atoms with van der Waals surface area (Å²) in [5.41, 5.74) is 2.41. The summed E-state index contributed by atoms with van der Waals surface area (Å²) in [5.74, 6) is 3.37. The van der Waals surface area contributed by atoms with E-state index in [1.807, 2.05) is 48.5 Å². The molecule has 0 atom stereocenters. The first-order valence-electron chi connectivity index (χ1n) is 9.66. The Morgan fingerprint density at radius 2 is 1.83 bits per heavy atom. The molecule has 0 bridgehead atoms. The zero-order chi connectivity index (χ0) is 20.6. The van der Waals surface area contributed by atoms with Crippen LogP contribution in [0.15, 0.2) is 47.7 Å². The van der Waals surface area contributed by atoms with Crippen molar-refractivity contribution in [3.05, 3.63) is 65.5 Å². The molecule has 1 aromatic carbocycles. The molecule has 8 nitrogen and oxygen atoms in total. The van der Waals surface area contributed by atoms with Crippen molar-refractivity contribution in [2.45, 2.75) is 26.4 Å². The van der Waals surface area contributed by atoms with Gasteiger partial charge >= 0.3 is 0 Å². The fraction of sp³-hybridized carbons (Fsp3) is 0.381. The molecule has 2 heterocycles. The van der Waals surface area contributed by atoms with Crippen molar-refractivity contribution in [2.75, 3.05) is 13.7 Å². The minimum absolute atomic E-state index is 0. The van der Waals surface area contributed by atoms with Crippen LogP contribution in [0.3, 0.4) is 0 Å². The van der Waals surface area contributed by atoms with Crippen molar-refractivity contribution in [3.8, 4) is 5.75 Å². The number of ether oxygens (including phenoxy) is 1. The minimum atomic E-state index is 0. The quantitative estimate of drug-likeness (QED) is 0.270. The second-order valence-corrected chi connectivity index (χ2v) is 6.95. The van der Waals surface area contributed by atoms with Gasteiger partial charge in [0.05, 0.1) is 20.2 Å². The van der Waals surface area contributed by atoms with Gasteiger partial charge in [-0.15, -0.1) is 34.2 Å². The molecule has 0 radical (unpaired) electrons. The highest BCUT2D eigenvalue weighted by Crippen LogP contribution is 2.11. The van der Waals surface area contributed by atoms with Crippen LogP contribution in [0, 0.1) is 6.92 Å². The lowest BCUT2D eigenvalue weighted by Gasteiger charge is -2.13. The van der Waals surface area contributed by atoms with Gasteiger partial charge in [0, 0.05) is 33.0 Å². The van der Waals surface area contributed by atoms with Gasteiger partial charge < -0.3 is 24.5 Å². The van der Waals surface area contributed by atoms with Crippen molar-refractivity contribution in [3.63, 3.8) is 0 Å². The predicted molar refractivity (Wildman–Crippen MR) is 129 cm³/mol. The van der Waals surface area contributed by atoms with Crippen LogP contribution < -0.4 is 15.4 Å². The van der Waals surface area contributed by atoms with E-state index in [2.05, 4.69) is 45.2 Å². The van der Waals surface area contributed by atoms with Crippen LogP contribution in [0.2, 0.25) is 0 Å². The first-order chi connectivity index (χ1) is 14.0. The van der Waals surface area contributed by atoms with E-state index in [-0.39, 0.29) is 24.0 Å². The number of nitrogens with one attached hydrogen (secondary N) is 2. The summed E-state index contributed by atoms with van der Waals surface area (Å²) >= 11 is 0. The topological polar surface area (TPSA) is 81.3 Å². The van der Waals surface area contributed by atoms with Gasteiger partial charge in [0.2, 0.25) is 0 Å². The Kier molecular flexibility index (Phi) is 9.15. The van der Waals surface area contributed by atoms with Crippen molar-refractivity contribution in [2.24, 2.45) is 19.1 Å². The summed E-state index contributed by atoms with van der Waals surface area (Å²) in [6, 6.07) is 10.2. The zero-order valence-electron chi connectivity index (χ0n) is 17.9. The van der Waals surface area contributed by atoms with Crippen LogP contribution >= 0.6 is 24.0 Å². The van der Waals surface area contributed by atoms with Gasteiger partial charge in [-0.3, -0.25) is 0 Å². The Balaban J connectivity index is 0.00000320. The molecule has 3 aromatic rings. The largest absolute Gasteiger partial charge is 0.497 e. The highest BCUT2D eigenvalue weighted by molar-refractivity contribution is 14.0. The van der Waals surface area contributed by atoms with Crippen molar-refractivity contribution >= 4 is 29.9 Å². The van der Waals surface area contributed by atoms with E-state index < -0.39 is 0 Å². The number of benzene rings is 1. The smallest absolute Gasteiger partial charge is 0.191 e. The first kappa shape index (κ1) is 23.7. The van der Waals surface area contributed by atoms with Gasteiger partial charge in [-0.1, -0.05) is 12.1 Å².